The zero-order chi connectivity index (χ0) is 12.4. The van der Waals surface area contributed by atoms with E-state index in [-0.39, 0.29) is 6.04 Å². The maximum absolute atomic E-state index is 6.35. The minimum Gasteiger partial charge on any atom is -0.324 e. The fourth-order valence-corrected chi connectivity index (χ4v) is 2.61. The van der Waals surface area contributed by atoms with Crippen LogP contribution in [0.4, 0.5) is 0 Å². The fourth-order valence-electron chi connectivity index (χ4n) is 2.14. The highest BCUT2D eigenvalue weighted by Gasteiger charge is 2.16. The predicted octanol–water partition coefficient (Wildman–Crippen LogP) is 4.65. The van der Waals surface area contributed by atoms with Gasteiger partial charge in [-0.05, 0) is 28.3 Å². The molecule has 0 saturated heterocycles. The normalized spacial score (nSPS) is 14.8. The first-order valence-electron chi connectivity index (χ1n) is 6.08. The van der Waals surface area contributed by atoms with Crippen LogP contribution in [0.25, 0.3) is 10.8 Å². The summed E-state index contributed by atoms with van der Waals surface area (Å²) in [6.07, 6.45) is 1.10. The Bertz CT molecular complexity index is 521. The van der Waals surface area contributed by atoms with E-state index in [1.807, 2.05) is 0 Å². The molecular formula is C15H18BrN. The van der Waals surface area contributed by atoms with Crippen LogP contribution in [0.3, 0.4) is 0 Å². The Morgan fingerprint density at radius 3 is 2.41 bits per heavy atom. The summed E-state index contributed by atoms with van der Waals surface area (Å²) in [5.74, 6) is 0.500. The van der Waals surface area contributed by atoms with E-state index in [0.29, 0.717) is 5.92 Å². The lowest BCUT2D eigenvalue weighted by atomic mass is 9.90. The number of fused-ring (bicyclic) bond motifs is 1. The van der Waals surface area contributed by atoms with Gasteiger partial charge < -0.3 is 5.73 Å². The summed E-state index contributed by atoms with van der Waals surface area (Å²) in [5.41, 5.74) is 7.60. The van der Waals surface area contributed by atoms with Gasteiger partial charge in [-0.3, -0.25) is 0 Å². The molecule has 0 fully saturated rings. The van der Waals surface area contributed by atoms with Crippen molar-refractivity contribution in [1.29, 1.82) is 0 Å². The van der Waals surface area contributed by atoms with Crippen LogP contribution < -0.4 is 5.73 Å². The van der Waals surface area contributed by atoms with E-state index in [4.69, 9.17) is 5.73 Å². The fraction of sp³-hybridized carbons (Fsp3) is 0.333. The third kappa shape index (κ3) is 2.38. The molecular weight excluding hydrogens is 274 g/mol. The molecule has 1 nitrogen and oxygen atoms in total. The first-order valence-corrected chi connectivity index (χ1v) is 6.87. The standard InChI is InChI=1S/C15H18BrN/c1-3-10(2)15(17)13-8-9-14(16)12-7-5-4-6-11(12)13/h4-10,15H,3,17H2,1-2H3. The van der Waals surface area contributed by atoms with Crippen LogP contribution in [-0.4, -0.2) is 0 Å². The molecule has 0 saturated carbocycles. The third-order valence-corrected chi connectivity index (χ3v) is 4.21. The Hall–Kier alpha value is -0.860. The smallest absolute Gasteiger partial charge is 0.0326 e. The molecule has 2 rings (SSSR count). The van der Waals surface area contributed by atoms with Crippen LogP contribution in [0, 0.1) is 5.92 Å². The van der Waals surface area contributed by atoms with Gasteiger partial charge in [0.05, 0.1) is 0 Å². The molecule has 0 aliphatic carbocycles. The molecule has 2 aromatic rings. The van der Waals surface area contributed by atoms with Crippen LogP contribution in [0.15, 0.2) is 40.9 Å². The van der Waals surface area contributed by atoms with Crippen molar-refractivity contribution in [3.8, 4) is 0 Å². The topological polar surface area (TPSA) is 26.0 Å². The monoisotopic (exact) mass is 291 g/mol. The van der Waals surface area contributed by atoms with Gasteiger partial charge in [0.2, 0.25) is 0 Å². The van der Waals surface area contributed by atoms with Gasteiger partial charge in [-0.25, -0.2) is 0 Å². The Morgan fingerprint density at radius 1 is 1.12 bits per heavy atom. The molecule has 2 heteroatoms. The molecule has 17 heavy (non-hydrogen) atoms. The highest BCUT2D eigenvalue weighted by Crippen LogP contribution is 2.32. The summed E-state index contributed by atoms with van der Waals surface area (Å²) >= 11 is 3.59. The summed E-state index contributed by atoms with van der Waals surface area (Å²) in [5, 5.41) is 2.50. The lowest BCUT2D eigenvalue weighted by Crippen LogP contribution is -2.18. The van der Waals surface area contributed by atoms with Crippen molar-refractivity contribution in [1.82, 2.24) is 0 Å². The molecule has 90 valence electrons. The van der Waals surface area contributed by atoms with Crippen LogP contribution in [0.2, 0.25) is 0 Å². The summed E-state index contributed by atoms with van der Waals surface area (Å²) in [4.78, 5) is 0. The van der Waals surface area contributed by atoms with Crippen LogP contribution >= 0.6 is 15.9 Å². The maximum Gasteiger partial charge on any atom is 0.0326 e. The van der Waals surface area contributed by atoms with Crippen molar-refractivity contribution < 1.29 is 0 Å². The van der Waals surface area contributed by atoms with Crippen molar-refractivity contribution in [2.45, 2.75) is 26.3 Å². The Morgan fingerprint density at radius 2 is 1.76 bits per heavy atom. The summed E-state index contributed by atoms with van der Waals surface area (Å²) in [7, 11) is 0. The summed E-state index contributed by atoms with van der Waals surface area (Å²) in [6, 6.07) is 12.8. The van der Waals surface area contributed by atoms with Crippen molar-refractivity contribution >= 4 is 26.7 Å². The molecule has 0 aliphatic rings. The first-order chi connectivity index (χ1) is 8.15. The SMILES string of the molecule is CCC(C)C(N)c1ccc(Br)c2ccccc12. The number of nitrogens with two attached hydrogens (primary N) is 1. The van der Waals surface area contributed by atoms with E-state index in [1.54, 1.807) is 0 Å². The quantitative estimate of drug-likeness (QED) is 0.875. The molecule has 2 aromatic carbocycles. The second-order valence-electron chi connectivity index (χ2n) is 4.59. The lowest BCUT2D eigenvalue weighted by molar-refractivity contribution is 0.459. The van der Waals surface area contributed by atoms with Gasteiger partial charge in [0, 0.05) is 10.5 Å². The van der Waals surface area contributed by atoms with Gasteiger partial charge in [0.25, 0.3) is 0 Å². The second-order valence-corrected chi connectivity index (χ2v) is 5.45. The minimum absolute atomic E-state index is 0.109. The van der Waals surface area contributed by atoms with Crippen molar-refractivity contribution in [2.24, 2.45) is 11.7 Å². The lowest BCUT2D eigenvalue weighted by Gasteiger charge is -2.21. The number of rotatable bonds is 3. The average molecular weight is 292 g/mol. The van der Waals surface area contributed by atoms with E-state index in [0.717, 1.165) is 10.9 Å². The number of hydrogen-bond acceptors (Lipinski definition) is 1. The number of halogens is 1. The molecule has 2 atom stereocenters. The Kier molecular flexibility index (Phi) is 3.85. The van der Waals surface area contributed by atoms with Crippen molar-refractivity contribution in [3.63, 3.8) is 0 Å². The summed E-state index contributed by atoms with van der Waals surface area (Å²) < 4.78 is 1.13. The average Bonchev–Trinajstić information content (AvgIpc) is 2.38. The van der Waals surface area contributed by atoms with Gasteiger partial charge in [0.15, 0.2) is 0 Å². The summed E-state index contributed by atoms with van der Waals surface area (Å²) in [6.45, 7) is 4.40. The first kappa shape index (κ1) is 12.6. The third-order valence-electron chi connectivity index (χ3n) is 3.52. The van der Waals surface area contributed by atoms with Crippen LogP contribution in [-0.2, 0) is 0 Å². The van der Waals surface area contributed by atoms with E-state index >= 15 is 0 Å². The van der Waals surface area contributed by atoms with Gasteiger partial charge in [-0.15, -0.1) is 0 Å². The van der Waals surface area contributed by atoms with E-state index in [2.05, 4.69) is 66.2 Å². The highest BCUT2D eigenvalue weighted by molar-refractivity contribution is 9.10. The molecule has 0 radical (unpaired) electrons. The zero-order valence-corrected chi connectivity index (χ0v) is 11.9. The van der Waals surface area contributed by atoms with Gasteiger partial charge >= 0.3 is 0 Å². The predicted molar refractivity (Wildman–Crippen MR) is 78.0 cm³/mol. The van der Waals surface area contributed by atoms with E-state index in [9.17, 15) is 0 Å². The van der Waals surface area contributed by atoms with E-state index in [1.165, 1.54) is 16.3 Å². The molecule has 0 spiro atoms. The Labute approximate surface area is 111 Å². The van der Waals surface area contributed by atoms with Gasteiger partial charge in [-0.2, -0.15) is 0 Å². The zero-order valence-electron chi connectivity index (χ0n) is 10.3. The van der Waals surface area contributed by atoms with Crippen molar-refractivity contribution in [3.05, 3.63) is 46.4 Å². The maximum atomic E-state index is 6.35. The van der Waals surface area contributed by atoms with E-state index < -0.39 is 0 Å². The molecule has 2 N–H and O–H groups in total. The molecule has 0 bridgehead atoms. The molecule has 0 amide bonds. The molecule has 0 aromatic heterocycles. The molecule has 0 aliphatic heterocycles. The number of hydrogen-bond donors (Lipinski definition) is 1. The van der Waals surface area contributed by atoms with Crippen molar-refractivity contribution in [2.75, 3.05) is 0 Å². The largest absolute Gasteiger partial charge is 0.324 e. The van der Waals surface area contributed by atoms with Gasteiger partial charge in [-0.1, -0.05) is 66.5 Å². The second kappa shape index (κ2) is 5.19. The molecule has 2 unspecified atom stereocenters. The van der Waals surface area contributed by atoms with Gasteiger partial charge in [0.1, 0.15) is 0 Å². The highest BCUT2D eigenvalue weighted by atomic mass is 79.9. The van der Waals surface area contributed by atoms with Crippen LogP contribution in [0.5, 0.6) is 0 Å². The Balaban J connectivity index is 2.59. The molecule has 0 heterocycles. The minimum atomic E-state index is 0.109. The number of benzene rings is 2. The van der Waals surface area contributed by atoms with Crippen LogP contribution in [0.1, 0.15) is 31.9 Å².